The molecule has 0 saturated heterocycles. The summed E-state index contributed by atoms with van der Waals surface area (Å²) in [5.74, 6) is 1.93. The number of rotatable bonds is 6. The van der Waals surface area contributed by atoms with Gasteiger partial charge in [-0.3, -0.25) is 0 Å². The lowest BCUT2D eigenvalue weighted by atomic mass is 9.78. The fourth-order valence-corrected chi connectivity index (χ4v) is 3.32. The summed E-state index contributed by atoms with van der Waals surface area (Å²) in [5, 5.41) is 0. The molecular weight excluding hydrogens is 247 g/mol. The van der Waals surface area contributed by atoms with Crippen molar-refractivity contribution in [3.63, 3.8) is 0 Å². The van der Waals surface area contributed by atoms with Gasteiger partial charge in [0.1, 0.15) is 0 Å². The Kier molecular flexibility index (Phi) is 6.29. The van der Waals surface area contributed by atoms with Crippen LogP contribution in [0.3, 0.4) is 0 Å². The summed E-state index contributed by atoms with van der Waals surface area (Å²) in [4.78, 5) is 0. The van der Waals surface area contributed by atoms with Crippen LogP contribution in [0.15, 0.2) is 36.7 Å². The van der Waals surface area contributed by atoms with Crippen molar-refractivity contribution in [2.75, 3.05) is 0 Å². The molecule has 1 aromatic carbocycles. The molecule has 1 fully saturated rings. The third kappa shape index (κ3) is 4.77. The first-order chi connectivity index (χ1) is 9.81. The van der Waals surface area contributed by atoms with Gasteiger partial charge in [-0.25, -0.2) is 4.39 Å². The lowest BCUT2D eigenvalue weighted by Gasteiger charge is -2.27. The summed E-state index contributed by atoms with van der Waals surface area (Å²) in [6.45, 7) is 2.32. The summed E-state index contributed by atoms with van der Waals surface area (Å²) in [6.07, 6.45) is 12.5. The lowest BCUT2D eigenvalue weighted by molar-refractivity contribution is 0.259. The zero-order valence-electron chi connectivity index (χ0n) is 12.7. The SMILES string of the molecule is CCC1CCC(CCc2ccc(CC=CF)cc2)CC1. The van der Waals surface area contributed by atoms with Crippen molar-refractivity contribution in [3.05, 3.63) is 47.8 Å². The van der Waals surface area contributed by atoms with Gasteiger partial charge in [0, 0.05) is 0 Å². The van der Waals surface area contributed by atoms with Crippen molar-refractivity contribution in [1.82, 2.24) is 0 Å². The molecule has 1 heteroatoms. The minimum atomic E-state index is 0.626. The molecular formula is C19H27F. The molecule has 0 atom stereocenters. The smallest absolute Gasteiger partial charge is 0.0830 e. The highest BCUT2D eigenvalue weighted by molar-refractivity contribution is 5.24. The highest BCUT2D eigenvalue weighted by atomic mass is 19.1. The molecule has 0 aromatic heterocycles. The van der Waals surface area contributed by atoms with E-state index in [1.165, 1.54) is 56.1 Å². The molecule has 110 valence electrons. The van der Waals surface area contributed by atoms with Gasteiger partial charge in [0.25, 0.3) is 0 Å². The van der Waals surface area contributed by atoms with Crippen molar-refractivity contribution in [2.45, 2.75) is 58.3 Å². The van der Waals surface area contributed by atoms with Gasteiger partial charge in [-0.1, -0.05) is 69.4 Å². The highest BCUT2D eigenvalue weighted by Crippen LogP contribution is 2.33. The number of hydrogen-bond donors (Lipinski definition) is 0. The fourth-order valence-electron chi connectivity index (χ4n) is 3.32. The zero-order valence-corrected chi connectivity index (χ0v) is 12.7. The lowest BCUT2D eigenvalue weighted by Crippen LogP contribution is -2.14. The minimum absolute atomic E-state index is 0.626. The van der Waals surface area contributed by atoms with E-state index in [4.69, 9.17) is 0 Å². The number of aryl methyl sites for hydroxylation is 1. The second-order valence-corrected chi connectivity index (χ2v) is 6.22. The molecule has 2 rings (SSSR count). The van der Waals surface area contributed by atoms with Crippen LogP contribution < -0.4 is 0 Å². The first-order valence-corrected chi connectivity index (χ1v) is 8.14. The second-order valence-electron chi connectivity index (χ2n) is 6.22. The predicted octanol–water partition coefficient (Wildman–Crippen LogP) is 5.86. The van der Waals surface area contributed by atoms with E-state index in [0.29, 0.717) is 12.8 Å². The van der Waals surface area contributed by atoms with E-state index in [1.807, 2.05) is 0 Å². The van der Waals surface area contributed by atoms with Crippen LogP contribution in [0.25, 0.3) is 0 Å². The summed E-state index contributed by atoms with van der Waals surface area (Å²) in [5.41, 5.74) is 2.61. The fraction of sp³-hybridized carbons (Fsp3) is 0.579. The van der Waals surface area contributed by atoms with E-state index in [0.717, 1.165) is 11.8 Å². The molecule has 1 aliphatic rings. The van der Waals surface area contributed by atoms with Crippen molar-refractivity contribution >= 4 is 0 Å². The van der Waals surface area contributed by atoms with Crippen LogP contribution in [-0.2, 0) is 12.8 Å². The van der Waals surface area contributed by atoms with E-state index >= 15 is 0 Å². The largest absolute Gasteiger partial charge is 0.216 e. The molecule has 0 bridgehead atoms. The second kappa shape index (κ2) is 8.24. The van der Waals surface area contributed by atoms with E-state index in [9.17, 15) is 4.39 Å². The van der Waals surface area contributed by atoms with Gasteiger partial charge in [-0.2, -0.15) is 0 Å². The first-order valence-electron chi connectivity index (χ1n) is 8.14. The third-order valence-electron chi connectivity index (χ3n) is 4.85. The van der Waals surface area contributed by atoms with Gasteiger partial charge in [0.15, 0.2) is 0 Å². The van der Waals surface area contributed by atoms with Crippen LogP contribution >= 0.6 is 0 Å². The van der Waals surface area contributed by atoms with E-state index < -0.39 is 0 Å². The van der Waals surface area contributed by atoms with E-state index in [-0.39, 0.29) is 0 Å². The summed E-state index contributed by atoms with van der Waals surface area (Å²) in [6, 6.07) is 8.67. The van der Waals surface area contributed by atoms with Crippen LogP contribution in [0.1, 0.15) is 56.6 Å². The van der Waals surface area contributed by atoms with E-state index in [1.54, 1.807) is 6.08 Å². The van der Waals surface area contributed by atoms with Crippen LogP contribution in [-0.4, -0.2) is 0 Å². The van der Waals surface area contributed by atoms with Gasteiger partial charge >= 0.3 is 0 Å². The molecule has 0 N–H and O–H groups in total. The molecule has 0 aliphatic heterocycles. The van der Waals surface area contributed by atoms with Crippen molar-refractivity contribution in [1.29, 1.82) is 0 Å². The van der Waals surface area contributed by atoms with Crippen LogP contribution in [0.2, 0.25) is 0 Å². The molecule has 0 amide bonds. The van der Waals surface area contributed by atoms with Crippen molar-refractivity contribution in [3.8, 4) is 0 Å². The number of halogens is 1. The molecule has 1 saturated carbocycles. The highest BCUT2D eigenvalue weighted by Gasteiger charge is 2.19. The summed E-state index contributed by atoms with van der Waals surface area (Å²) >= 11 is 0. The van der Waals surface area contributed by atoms with Crippen LogP contribution in [0, 0.1) is 11.8 Å². The first kappa shape index (κ1) is 15.3. The molecule has 0 radical (unpaired) electrons. The Labute approximate surface area is 123 Å². The Morgan fingerprint density at radius 3 is 2.20 bits per heavy atom. The number of benzene rings is 1. The Bertz CT molecular complexity index is 396. The van der Waals surface area contributed by atoms with Crippen molar-refractivity contribution in [2.24, 2.45) is 11.8 Å². The van der Waals surface area contributed by atoms with Crippen LogP contribution in [0.4, 0.5) is 4.39 Å². The predicted molar refractivity (Wildman–Crippen MR) is 84.5 cm³/mol. The van der Waals surface area contributed by atoms with Gasteiger partial charge < -0.3 is 0 Å². The Balaban J connectivity index is 1.74. The number of hydrogen-bond acceptors (Lipinski definition) is 0. The maximum Gasteiger partial charge on any atom is 0.0830 e. The molecule has 0 nitrogen and oxygen atoms in total. The average molecular weight is 274 g/mol. The third-order valence-corrected chi connectivity index (χ3v) is 4.85. The molecule has 20 heavy (non-hydrogen) atoms. The van der Waals surface area contributed by atoms with Gasteiger partial charge in [-0.15, -0.1) is 0 Å². The van der Waals surface area contributed by atoms with Gasteiger partial charge in [0.2, 0.25) is 0 Å². The normalized spacial score (nSPS) is 23.3. The average Bonchev–Trinajstić information content (AvgIpc) is 2.52. The maximum atomic E-state index is 12.0. The number of allylic oxidation sites excluding steroid dienone is 1. The molecule has 0 heterocycles. The van der Waals surface area contributed by atoms with Crippen molar-refractivity contribution < 1.29 is 4.39 Å². The standard InChI is InChI=1S/C19H27F/c1-2-16-5-7-18(8-6-16)13-14-19-11-9-17(10-12-19)4-3-15-20/h3,9-12,15-16,18H,2,4-8,13-14H2,1H3. The quantitative estimate of drug-likeness (QED) is 0.609. The molecule has 1 aromatic rings. The van der Waals surface area contributed by atoms with Gasteiger partial charge in [-0.05, 0) is 42.2 Å². The van der Waals surface area contributed by atoms with Gasteiger partial charge in [0.05, 0.1) is 6.33 Å². The summed E-state index contributed by atoms with van der Waals surface area (Å²) in [7, 11) is 0. The molecule has 0 spiro atoms. The molecule has 1 aliphatic carbocycles. The topological polar surface area (TPSA) is 0 Å². The monoisotopic (exact) mass is 274 g/mol. The Morgan fingerprint density at radius 1 is 1.00 bits per heavy atom. The van der Waals surface area contributed by atoms with Crippen LogP contribution in [0.5, 0.6) is 0 Å². The Morgan fingerprint density at radius 2 is 1.60 bits per heavy atom. The molecule has 0 unspecified atom stereocenters. The van der Waals surface area contributed by atoms with E-state index in [2.05, 4.69) is 31.2 Å². The summed E-state index contributed by atoms with van der Waals surface area (Å²) < 4.78 is 12.0. The minimum Gasteiger partial charge on any atom is -0.216 e. The Hall–Kier alpha value is -1.11. The maximum absolute atomic E-state index is 12.0. The zero-order chi connectivity index (χ0) is 14.2.